The first-order valence-electron chi connectivity index (χ1n) is 4.43. The smallest absolute Gasteiger partial charge is 0.371 e. The summed E-state index contributed by atoms with van der Waals surface area (Å²) >= 11 is 1.52. The van der Waals surface area contributed by atoms with Crippen LogP contribution in [-0.4, -0.2) is 36.9 Å². The number of nitrogens with two attached hydrogens (primary N) is 1. The van der Waals surface area contributed by atoms with Gasteiger partial charge in [0.05, 0.1) is 6.61 Å². The van der Waals surface area contributed by atoms with E-state index in [0.717, 1.165) is 12.2 Å². The van der Waals surface area contributed by atoms with Crippen molar-refractivity contribution < 1.29 is 17.9 Å². The molecule has 0 amide bonds. The summed E-state index contributed by atoms with van der Waals surface area (Å²) in [6.07, 6.45) is -3.33. The lowest BCUT2D eigenvalue weighted by Crippen LogP contribution is -2.22. The fraction of sp³-hybridized carbons (Fsp3) is 1.00. The second-order valence-corrected chi connectivity index (χ2v) is 4.06. The average Bonchev–Trinajstić information content (AvgIpc) is 2.08. The summed E-state index contributed by atoms with van der Waals surface area (Å²) in [6, 6.07) is 0.127. The Morgan fingerprint density at radius 2 is 2.07 bits per heavy atom. The third kappa shape index (κ3) is 10.1. The zero-order valence-corrected chi connectivity index (χ0v) is 8.96. The number of halogens is 3. The summed E-state index contributed by atoms with van der Waals surface area (Å²) < 4.78 is 39.2. The lowest BCUT2D eigenvalue weighted by atomic mass is 10.3. The topological polar surface area (TPSA) is 35.2 Å². The van der Waals surface area contributed by atoms with Crippen LogP contribution in [0.2, 0.25) is 0 Å². The maximum absolute atomic E-state index is 11.6. The van der Waals surface area contributed by atoms with E-state index in [4.69, 9.17) is 5.73 Å². The molecular weight excluding hydrogens is 215 g/mol. The van der Waals surface area contributed by atoms with Crippen LogP contribution in [0.1, 0.15) is 13.3 Å². The van der Waals surface area contributed by atoms with E-state index in [9.17, 15) is 13.2 Å². The first-order chi connectivity index (χ1) is 6.45. The second-order valence-electron chi connectivity index (χ2n) is 2.91. The quantitative estimate of drug-likeness (QED) is 0.681. The van der Waals surface area contributed by atoms with Crippen LogP contribution in [0, 0.1) is 0 Å². The van der Waals surface area contributed by atoms with Crippen molar-refractivity contribution in [3.63, 3.8) is 0 Å². The molecule has 0 fully saturated rings. The number of hydrogen-bond acceptors (Lipinski definition) is 3. The fourth-order valence-corrected chi connectivity index (χ4v) is 1.60. The largest absolute Gasteiger partial charge is 0.411 e. The summed E-state index contributed by atoms with van der Waals surface area (Å²) in [5.74, 6) is 1.33. The molecule has 2 nitrogen and oxygen atoms in total. The molecule has 0 rings (SSSR count). The van der Waals surface area contributed by atoms with Gasteiger partial charge in [0, 0.05) is 17.5 Å². The highest BCUT2D eigenvalue weighted by atomic mass is 32.2. The van der Waals surface area contributed by atoms with Crippen molar-refractivity contribution in [3.8, 4) is 0 Å². The molecule has 0 radical (unpaired) electrons. The molecule has 0 saturated carbocycles. The molecule has 0 saturated heterocycles. The van der Waals surface area contributed by atoms with Gasteiger partial charge >= 0.3 is 6.18 Å². The average molecular weight is 231 g/mol. The van der Waals surface area contributed by atoms with Crippen LogP contribution < -0.4 is 5.73 Å². The van der Waals surface area contributed by atoms with E-state index in [0.29, 0.717) is 5.75 Å². The minimum Gasteiger partial charge on any atom is -0.371 e. The molecule has 0 spiro atoms. The van der Waals surface area contributed by atoms with E-state index in [1.807, 2.05) is 6.92 Å². The van der Waals surface area contributed by atoms with Gasteiger partial charge in [-0.1, -0.05) is 6.92 Å². The maximum Gasteiger partial charge on any atom is 0.411 e. The van der Waals surface area contributed by atoms with Gasteiger partial charge in [0.1, 0.15) is 6.61 Å². The lowest BCUT2D eigenvalue weighted by molar-refractivity contribution is -0.172. The maximum atomic E-state index is 11.6. The first kappa shape index (κ1) is 14.1. The number of alkyl halides is 3. The Kier molecular flexibility index (Phi) is 7.40. The fourth-order valence-electron chi connectivity index (χ4n) is 0.658. The van der Waals surface area contributed by atoms with Gasteiger partial charge in [-0.3, -0.25) is 0 Å². The molecule has 0 aliphatic heterocycles. The predicted molar refractivity (Wildman–Crippen MR) is 52.5 cm³/mol. The molecular formula is C8H16F3NOS. The number of ether oxygens (including phenoxy) is 1. The van der Waals surface area contributed by atoms with Crippen LogP contribution in [0.25, 0.3) is 0 Å². The molecule has 2 N–H and O–H groups in total. The van der Waals surface area contributed by atoms with Crippen LogP contribution >= 0.6 is 11.8 Å². The van der Waals surface area contributed by atoms with Crippen LogP contribution in [0.15, 0.2) is 0 Å². The molecule has 0 aromatic rings. The van der Waals surface area contributed by atoms with E-state index in [1.54, 1.807) is 0 Å². The molecule has 86 valence electrons. The zero-order valence-electron chi connectivity index (χ0n) is 8.14. The summed E-state index contributed by atoms with van der Waals surface area (Å²) in [5.41, 5.74) is 5.62. The van der Waals surface area contributed by atoms with Crippen molar-refractivity contribution in [2.45, 2.75) is 25.6 Å². The van der Waals surface area contributed by atoms with Gasteiger partial charge in [-0.2, -0.15) is 24.9 Å². The molecule has 1 atom stereocenters. The molecule has 0 aliphatic rings. The normalized spacial score (nSPS) is 14.4. The van der Waals surface area contributed by atoms with E-state index in [1.165, 1.54) is 11.8 Å². The Morgan fingerprint density at radius 3 is 2.57 bits per heavy atom. The van der Waals surface area contributed by atoms with Crippen molar-refractivity contribution in [2.75, 3.05) is 24.7 Å². The van der Waals surface area contributed by atoms with E-state index in [-0.39, 0.29) is 12.6 Å². The highest BCUT2D eigenvalue weighted by Crippen LogP contribution is 2.14. The van der Waals surface area contributed by atoms with Crippen molar-refractivity contribution in [3.05, 3.63) is 0 Å². The van der Waals surface area contributed by atoms with Crippen molar-refractivity contribution in [2.24, 2.45) is 5.73 Å². The van der Waals surface area contributed by atoms with Gasteiger partial charge in [0.15, 0.2) is 0 Å². The van der Waals surface area contributed by atoms with E-state index in [2.05, 4.69) is 4.74 Å². The Bertz CT molecular complexity index is 143. The SMILES string of the molecule is CCC(N)CSCCOCC(F)(F)F. The predicted octanol–water partition coefficient (Wildman–Crippen LogP) is 2.04. The molecule has 14 heavy (non-hydrogen) atoms. The van der Waals surface area contributed by atoms with E-state index >= 15 is 0 Å². The minimum absolute atomic E-state index is 0.126. The van der Waals surface area contributed by atoms with Crippen molar-refractivity contribution in [1.29, 1.82) is 0 Å². The van der Waals surface area contributed by atoms with Crippen LogP contribution in [0.3, 0.4) is 0 Å². The Balaban J connectivity index is 3.14. The molecule has 0 bridgehead atoms. The highest BCUT2D eigenvalue weighted by Gasteiger charge is 2.27. The monoisotopic (exact) mass is 231 g/mol. The summed E-state index contributed by atoms with van der Waals surface area (Å²) in [7, 11) is 0. The van der Waals surface area contributed by atoms with Gasteiger partial charge in [0.25, 0.3) is 0 Å². The van der Waals surface area contributed by atoms with Crippen molar-refractivity contribution in [1.82, 2.24) is 0 Å². The van der Waals surface area contributed by atoms with Gasteiger partial charge in [-0.05, 0) is 6.42 Å². The van der Waals surface area contributed by atoms with E-state index < -0.39 is 12.8 Å². The standard InChI is InChI=1S/C8H16F3NOS/c1-2-7(12)5-14-4-3-13-6-8(9,10)11/h7H,2-6,12H2,1H3. The molecule has 6 heteroatoms. The van der Waals surface area contributed by atoms with Crippen molar-refractivity contribution >= 4 is 11.8 Å². The number of hydrogen-bond donors (Lipinski definition) is 1. The number of thioether (sulfide) groups is 1. The summed E-state index contributed by atoms with van der Waals surface area (Å²) in [4.78, 5) is 0. The van der Waals surface area contributed by atoms with Gasteiger partial charge in [-0.25, -0.2) is 0 Å². The summed E-state index contributed by atoms with van der Waals surface area (Å²) in [5, 5.41) is 0. The van der Waals surface area contributed by atoms with Crippen LogP contribution in [0.4, 0.5) is 13.2 Å². The van der Waals surface area contributed by atoms with Gasteiger partial charge < -0.3 is 10.5 Å². The summed E-state index contributed by atoms with van der Waals surface area (Å²) in [6.45, 7) is 0.944. The molecule has 0 heterocycles. The first-order valence-corrected chi connectivity index (χ1v) is 5.59. The third-order valence-electron chi connectivity index (χ3n) is 1.49. The second kappa shape index (κ2) is 7.36. The van der Waals surface area contributed by atoms with Crippen LogP contribution in [-0.2, 0) is 4.74 Å². The lowest BCUT2D eigenvalue weighted by Gasteiger charge is -2.09. The third-order valence-corrected chi connectivity index (χ3v) is 2.61. The molecule has 1 unspecified atom stereocenters. The molecule has 0 aromatic carbocycles. The Labute approximate surface area is 86.4 Å². The molecule has 0 aliphatic carbocycles. The zero-order chi connectivity index (χ0) is 11.0. The Hall–Kier alpha value is 0.0600. The van der Waals surface area contributed by atoms with Gasteiger partial charge in [-0.15, -0.1) is 0 Å². The van der Waals surface area contributed by atoms with Crippen LogP contribution in [0.5, 0.6) is 0 Å². The highest BCUT2D eigenvalue weighted by molar-refractivity contribution is 7.99. The minimum atomic E-state index is -4.22. The number of rotatable bonds is 7. The Morgan fingerprint density at radius 1 is 1.43 bits per heavy atom. The molecule has 0 aromatic heterocycles. The van der Waals surface area contributed by atoms with Gasteiger partial charge in [0.2, 0.25) is 0 Å².